The molecule has 1 fully saturated rings. The van der Waals surface area contributed by atoms with Gasteiger partial charge in [-0.05, 0) is 24.6 Å². The summed E-state index contributed by atoms with van der Waals surface area (Å²) in [7, 11) is -3.89. The van der Waals surface area contributed by atoms with Crippen LogP contribution in [0.1, 0.15) is 12.8 Å². The van der Waals surface area contributed by atoms with Gasteiger partial charge in [-0.1, -0.05) is 23.4 Å². The minimum atomic E-state index is -3.89. The maximum Gasteiger partial charge on any atom is 0.323 e. The second-order valence-corrected chi connectivity index (χ2v) is 9.75. The molecule has 34 heavy (non-hydrogen) atoms. The summed E-state index contributed by atoms with van der Waals surface area (Å²) in [4.78, 5) is 13.9. The molecular weight excluding hydrogens is 480 g/mol. The van der Waals surface area contributed by atoms with E-state index in [1.807, 2.05) is 4.72 Å². The van der Waals surface area contributed by atoms with E-state index in [1.165, 1.54) is 24.3 Å². The number of nitrogens with zero attached hydrogens (tertiary/aromatic N) is 2. The summed E-state index contributed by atoms with van der Waals surface area (Å²) in [6.07, 6.45) is -0.304. The number of halogens is 4. The van der Waals surface area contributed by atoms with Gasteiger partial charge < -0.3 is 9.42 Å². The van der Waals surface area contributed by atoms with Gasteiger partial charge in [-0.2, -0.15) is 0 Å². The molecule has 1 aromatic heterocycles. The van der Waals surface area contributed by atoms with E-state index in [-0.39, 0.29) is 47.4 Å². The molecule has 13 heteroatoms. The van der Waals surface area contributed by atoms with Crippen molar-refractivity contribution in [2.24, 2.45) is 0 Å². The van der Waals surface area contributed by atoms with E-state index in [4.69, 9.17) is 4.52 Å². The van der Waals surface area contributed by atoms with Gasteiger partial charge >= 0.3 is 6.03 Å². The van der Waals surface area contributed by atoms with Crippen molar-refractivity contribution in [3.8, 4) is 11.1 Å². The molecule has 0 aliphatic carbocycles. The minimum absolute atomic E-state index is 0.0875. The van der Waals surface area contributed by atoms with Gasteiger partial charge in [0.2, 0.25) is 10.0 Å². The molecule has 8 nitrogen and oxygen atoms in total. The number of fused-ring (bicyclic) bond motifs is 1. The van der Waals surface area contributed by atoms with Gasteiger partial charge in [0.15, 0.2) is 11.4 Å². The first kappa shape index (κ1) is 24.0. The van der Waals surface area contributed by atoms with E-state index >= 15 is 0 Å². The highest BCUT2D eigenvalue weighted by molar-refractivity contribution is 7.88. The highest BCUT2D eigenvalue weighted by Crippen LogP contribution is 2.37. The number of anilines is 1. The van der Waals surface area contributed by atoms with Gasteiger partial charge in [-0.3, -0.25) is 5.32 Å². The van der Waals surface area contributed by atoms with Crippen LogP contribution in [0.5, 0.6) is 0 Å². The zero-order chi connectivity index (χ0) is 24.7. The number of alkyl halides is 2. The standard InChI is InChI=1S/C21H20F4N4O4S/c1-34(31,32)28-16-8-10-29(11-9-21(16,24)25)20(30)26-19-18-12(4-2-7-15(18)33-27-19)17-13(22)5-3-6-14(17)23/h2-7,16,28H,8-11H2,1H3,(H,26,27,30)/t16-/m1/s1. The number of carbonyl (C=O) groups excluding carboxylic acids is 1. The van der Waals surface area contributed by atoms with E-state index in [9.17, 15) is 30.8 Å². The monoisotopic (exact) mass is 500 g/mol. The molecule has 0 radical (unpaired) electrons. The number of aromatic nitrogens is 1. The van der Waals surface area contributed by atoms with E-state index in [0.29, 0.717) is 0 Å². The molecule has 1 aliphatic rings. The van der Waals surface area contributed by atoms with Crippen LogP contribution in [0.4, 0.5) is 28.2 Å². The molecule has 2 amide bonds. The van der Waals surface area contributed by atoms with Gasteiger partial charge in [-0.15, -0.1) is 0 Å². The number of benzene rings is 2. The fraction of sp³-hybridized carbons (Fsp3) is 0.333. The zero-order valence-electron chi connectivity index (χ0n) is 17.8. The van der Waals surface area contributed by atoms with E-state index in [0.717, 1.165) is 23.3 Å². The van der Waals surface area contributed by atoms with Crippen LogP contribution in [0.3, 0.4) is 0 Å². The predicted octanol–water partition coefficient (Wildman–Crippen LogP) is 3.95. The summed E-state index contributed by atoms with van der Waals surface area (Å²) in [5.74, 6) is -5.16. The van der Waals surface area contributed by atoms with Crippen molar-refractivity contribution in [2.45, 2.75) is 24.8 Å². The summed E-state index contributed by atoms with van der Waals surface area (Å²) in [6, 6.07) is 5.36. The third kappa shape index (κ3) is 4.85. The van der Waals surface area contributed by atoms with E-state index < -0.39 is 46.1 Å². The Bertz CT molecular complexity index is 1330. The number of urea groups is 1. The average Bonchev–Trinajstić information content (AvgIpc) is 3.08. The van der Waals surface area contributed by atoms with Crippen molar-refractivity contribution in [1.29, 1.82) is 0 Å². The molecule has 2 heterocycles. The molecule has 0 bridgehead atoms. The van der Waals surface area contributed by atoms with Gasteiger partial charge in [0, 0.05) is 25.1 Å². The molecule has 0 spiro atoms. The first-order valence-corrected chi connectivity index (χ1v) is 12.1. The number of hydrogen-bond donors (Lipinski definition) is 2. The summed E-state index contributed by atoms with van der Waals surface area (Å²) < 4.78 is 87.7. The van der Waals surface area contributed by atoms with Crippen LogP contribution in [0.2, 0.25) is 0 Å². The first-order chi connectivity index (χ1) is 16.0. The normalized spacial score (nSPS) is 18.6. The molecule has 1 aliphatic heterocycles. The Kier molecular flexibility index (Phi) is 6.25. The Balaban J connectivity index is 1.61. The molecular formula is C21H20F4N4O4S. The lowest BCUT2D eigenvalue weighted by Gasteiger charge is -2.23. The van der Waals surface area contributed by atoms with Crippen molar-refractivity contribution in [1.82, 2.24) is 14.8 Å². The van der Waals surface area contributed by atoms with Crippen molar-refractivity contribution in [3.05, 3.63) is 48.0 Å². The highest BCUT2D eigenvalue weighted by Gasteiger charge is 2.43. The molecule has 3 aromatic rings. The Morgan fingerprint density at radius 2 is 1.82 bits per heavy atom. The second kappa shape index (κ2) is 8.87. The second-order valence-electron chi connectivity index (χ2n) is 7.97. The molecule has 1 saturated heterocycles. The number of amides is 2. The predicted molar refractivity (Wildman–Crippen MR) is 116 cm³/mol. The van der Waals surface area contributed by atoms with Crippen LogP contribution < -0.4 is 10.0 Å². The van der Waals surface area contributed by atoms with Crippen LogP contribution >= 0.6 is 0 Å². The Labute approximate surface area is 191 Å². The molecule has 2 aromatic carbocycles. The summed E-state index contributed by atoms with van der Waals surface area (Å²) in [5, 5.41) is 6.36. The van der Waals surface area contributed by atoms with Crippen LogP contribution in [0.15, 0.2) is 40.9 Å². The summed E-state index contributed by atoms with van der Waals surface area (Å²) in [5.41, 5.74) is -0.101. The summed E-state index contributed by atoms with van der Waals surface area (Å²) in [6.45, 7) is -0.523. The lowest BCUT2D eigenvalue weighted by molar-refractivity contribution is -0.0338. The number of hydrogen-bond acceptors (Lipinski definition) is 5. The number of rotatable bonds is 4. The van der Waals surface area contributed by atoms with Crippen molar-refractivity contribution >= 4 is 32.8 Å². The van der Waals surface area contributed by atoms with Crippen molar-refractivity contribution in [2.75, 3.05) is 24.7 Å². The fourth-order valence-corrected chi connectivity index (χ4v) is 4.70. The number of likely N-dealkylation sites (tertiary alicyclic amines) is 1. The zero-order valence-corrected chi connectivity index (χ0v) is 18.6. The maximum atomic E-state index is 14.4. The van der Waals surface area contributed by atoms with Crippen molar-refractivity contribution in [3.63, 3.8) is 0 Å². The van der Waals surface area contributed by atoms with Crippen LogP contribution in [-0.4, -0.2) is 55.8 Å². The fourth-order valence-electron chi connectivity index (χ4n) is 3.89. The quantitative estimate of drug-likeness (QED) is 0.528. The molecule has 2 N–H and O–H groups in total. The number of nitrogens with one attached hydrogen (secondary N) is 2. The SMILES string of the molecule is CS(=O)(=O)N[C@@H]1CCN(C(=O)Nc2noc3cccc(-c4c(F)cccc4F)c23)CCC1(F)F. The van der Waals surface area contributed by atoms with Crippen molar-refractivity contribution < 1.29 is 35.3 Å². The lowest BCUT2D eigenvalue weighted by atomic mass is 10.0. The first-order valence-electron chi connectivity index (χ1n) is 10.2. The van der Waals surface area contributed by atoms with E-state index in [1.54, 1.807) is 0 Å². The summed E-state index contributed by atoms with van der Waals surface area (Å²) >= 11 is 0. The van der Waals surface area contributed by atoms with Crippen LogP contribution in [0.25, 0.3) is 22.1 Å². The maximum absolute atomic E-state index is 14.4. The van der Waals surface area contributed by atoms with Crippen LogP contribution in [-0.2, 0) is 10.0 Å². The topological polar surface area (TPSA) is 105 Å². The third-order valence-electron chi connectivity index (χ3n) is 5.51. The van der Waals surface area contributed by atoms with Gasteiger partial charge in [0.1, 0.15) is 11.6 Å². The van der Waals surface area contributed by atoms with Crippen LogP contribution in [0, 0.1) is 11.6 Å². The Morgan fingerprint density at radius 1 is 1.15 bits per heavy atom. The molecule has 0 unspecified atom stereocenters. The van der Waals surface area contributed by atoms with Gasteiger partial charge in [-0.25, -0.2) is 35.5 Å². The number of sulfonamides is 1. The van der Waals surface area contributed by atoms with Gasteiger partial charge in [0.25, 0.3) is 5.92 Å². The number of carbonyl (C=O) groups is 1. The van der Waals surface area contributed by atoms with Gasteiger partial charge in [0.05, 0.1) is 23.2 Å². The largest absolute Gasteiger partial charge is 0.354 e. The smallest absolute Gasteiger partial charge is 0.323 e. The molecule has 4 rings (SSSR count). The average molecular weight is 500 g/mol. The Morgan fingerprint density at radius 3 is 2.50 bits per heavy atom. The van der Waals surface area contributed by atoms with E-state index in [2.05, 4.69) is 10.5 Å². The third-order valence-corrected chi connectivity index (χ3v) is 6.22. The molecule has 0 saturated carbocycles. The molecule has 182 valence electrons. The minimum Gasteiger partial charge on any atom is -0.354 e. The highest BCUT2D eigenvalue weighted by atomic mass is 32.2. The Hall–Kier alpha value is -3.19. The molecule has 1 atom stereocenters. The lowest BCUT2D eigenvalue weighted by Crippen LogP contribution is -2.47.